The van der Waals surface area contributed by atoms with Crippen LogP contribution in [0.5, 0.6) is 0 Å². The first kappa shape index (κ1) is 17.7. The Balaban J connectivity index is 2.19. The topological polar surface area (TPSA) is 69.7 Å². The molecule has 7 heteroatoms. The summed E-state index contributed by atoms with van der Waals surface area (Å²) in [5.74, 6) is 0.523. The predicted octanol–water partition coefficient (Wildman–Crippen LogP) is 2.59. The monoisotopic (exact) mass is 339 g/mol. The van der Waals surface area contributed by atoms with E-state index in [-0.39, 0.29) is 10.9 Å². The highest BCUT2D eigenvalue weighted by Crippen LogP contribution is 2.25. The molecule has 1 N–H and O–H groups in total. The van der Waals surface area contributed by atoms with Crippen LogP contribution < -0.4 is 5.32 Å². The van der Waals surface area contributed by atoms with E-state index in [9.17, 15) is 13.2 Å². The van der Waals surface area contributed by atoms with Crippen molar-refractivity contribution in [1.29, 1.82) is 0 Å². The fraction of sp³-hybridized carbons (Fsp3) is 0.562. The molecule has 1 heterocycles. The van der Waals surface area contributed by atoms with Crippen LogP contribution in [-0.2, 0) is 10.0 Å². The Morgan fingerprint density at radius 1 is 1.35 bits per heavy atom. The maximum absolute atomic E-state index is 12.5. The molecule has 1 unspecified atom stereocenters. The number of carbonyl (C=O) groups is 1. The lowest BCUT2D eigenvalue weighted by molar-refractivity contribution is 0.176. The molecule has 128 valence electrons. The molecule has 1 aliphatic rings. The maximum atomic E-state index is 12.5. The molecule has 1 atom stereocenters. The van der Waals surface area contributed by atoms with Gasteiger partial charge in [0, 0.05) is 27.2 Å². The summed E-state index contributed by atoms with van der Waals surface area (Å²) >= 11 is 0. The fourth-order valence-electron chi connectivity index (χ4n) is 2.77. The number of hydrogen-bond acceptors (Lipinski definition) is 3. The van der Waals surface area contributed by atoms with Crippen molar-refractivity contribution in [2.45, 2.75) is 31.1 Å². The normalized spacial score (nSPS) is 19.0. The Morgan fingerprint density at radius 3 is 2.70 bits per heavy atom. The Kier molecular flexibility index (Phi) is 5.64. The number of likely N-dealkylation sites (tertiary alicyclic amines) is 1. The zero-order valence-corrected chi connectivity index (χ0v) is 14.8. The average molecular weight is 339 g/mol. The van der Waals surface area contributed by atoms with Crippen LogP contribution in [-0.4, -0.2) is 50.8 Å². The van der Waals surface area contributed by atoms with Crippen molar-refractivity contribution in [3.8, 4) is 0 Å². The maximum Gasteiger partial charge on any atom is 0.321 e. The molecule has 0 bridgehead atoms. The summed E-state index contributed by atoms with van der Waals surface area (Å²) < 4.78 is 25.9. The van der Waals surface area contributed by atoms with Crippen molar-refractivity contribution in [2.75, 3.05) is 32.5 Å². The van der Waals surface area contributed by atoms with E-state index in [1.54, 1.807) is 23.1 Å². The Hall–Kier alpha value is -1.60. The first-order valence-corrected chi connectivity index (χ1v) is 9.37. The largest absolute Gasteiger partial charge is 0.324 e. The summed E-state index contributed by atoms with van der Waals surface area (Å²) in [7, 11) is -0.646. The average Bonchev–Trinajstić information content (AvgIpc) is 2.55. The Labute approximate surface area is 138 Å². The summed E-state index contributed by atoms with van der Waals surface area (Å²) in [5.41, 5.74) is 0.324. The van der Waals surface area contributed by atoms with Crippen LogP contribution in [0.15, 0.2) is 29.2 Å². The molecule has 23 heavy (non-hydrogen) atoms. The minimum absolute atomic E-state index is 0.113. The SMILES string of the molecule is CCC1CCCN(C(=O)Nc2ccccc2S(=O)(=O)N(C)C)C1. The lowest BCUT2D eigenvalue weighted by Gasteiger charge is -2.32. The van der Waals surface area contributed by atoms with E-state index in [4.69, 9.17) is 0 Å². The second-order valence-corrected chi connectivity index (χ2v) is 8.20. The number of nitrogens with one attached hydrogen (secondary N) is 1. The van der Waals surface area contributed by atoms with Crippen LogP contribution in [0.25, 0.3) is 0 Å². The summed E-state index contributed by atoms with van der Waals surface area (Å²) in [5, 5.41) is 2.77. The first-order valence-electron chi connectivity index (χ1n) is 7.93. The molecule has 0 saturated carbocycles. The number of para-hydroxylation sites is 1. The lowest BCUT2D eigenvalue weighted by Crippen LogP contribution is -2.42. The molecule has 1 saturated heterocycles. The molecule has 0 aromatic heterocycles. The van der Waals surface area contributed by atoms with Crippen molar-refractivity contribution in [1.82, 2.24) is 9.21 Å². The molecule has 1 aromatic rings. The number of rotatable bonds is 4. The van der Waals surface area contributed by atoms with Crippen LogP contribution in [0, 0.1) is 5.92 Å². The van der Waals surface area contributed by atoms with Crippen LogP contribution >= 0.6 is 0 Å². The van der Waals surface area contributed by atoms with Gasteiger partial charge < -0.3 is 10.2 Å². The van der Waals surface area contributed by atoms with Crippen molar-refractivity contribution in [2.24, 2.45) is 5.92 Å². The number of hydrogen-bond donors (Lipinski definition) is 1. The van der Waals surface area contributed by atoms with E-state index in [0.29, 0.717) is 18.2 Å². The summed E-state index contributed by atoms with van der Waals surface area (Å²) in [4.78, 5) is 14.4. The van der Waals surface area contributed by atoms with Gasteiger partial charge in [-0.3, -0.25) is 0 Å². The van der Waals surface area contributed by atoms with Gasteiger partial charge in [-0.15, -0.1) is 0 Å². The fourth-order valence-corrected chi connectivity index (χ4v) is 3.81. The Bertz CT molecular complexity index is 658. The standard InChI is InChI=1S/C16H25N3O3S/c1-4-13-8-7-11-19(12-13)16(20)17-14-9-5-6-10-15(14)23(21,22)18(2)3/h5-6,9-10,13H,4,7-8,11-12H2,1-3H3,(H,17,20). The molecule has 6 nitrogen and oxygen atoms in total. The minimum atomic E-state index is -3.60. The zero-order chi connectivity index (χ0) is 17.0. The van der Waals surface area contributed by atoms with E-state index < -0.39 is 10.0 Å². The van der Waals surface area contributed by atoms with Crippen LogP contribution in [0.1, 0.15) is 26.2 Å². The molecule has 0 radical (unpaired) electrons. The van der Waals surface area contributed by atoms with Gasteiger partial charge in [0.25, 0.3) is 0 Å². The Morgan fingerprint density at radius 2 is 2.04 bits per heavy atom. The van der Waals surface area contributed by atoms with E-state index in [1.807, 2.05) is 0 Å². The molecule has 2 amide bonds. The van der Waals surface area contributed by atoms with Gasteiger partial charge in [-0.05, 0) is 30.9 Å². The number of nitrogens with zero attached hydrogens (tertiary/aromatic N) is 2. The molecule has 0 aliphatic carbocycles. The van der Waals surface area contributed by atoms with Gasteiger partial charge in [0.15, 0.2) is 0 Å². The number of amides is 2. The highest BCUT2D eigenvalue weighted by molar-refractivity contribution is 7.89. The van der Waals surface area contributed by atoms with Crippen molar-refractivity contribution < 1.29 is 13.2 Å². The highest BCUT2D eigenvalue weighted by Gasteiger charge is 2.25. The molecule has 2 rings (SSSR count). The number of sulfonamides is 1. The number of benzene rings is 1. The van der Waals surface area contributed by atoms with Gasteiger partial charge in [-0.25, -0.2) is 17.5 Å². The second kappa shape index (κ2) is 7.31. The predicted molar refractivity (Wildman–Crippen MR) is 90.9 cm³/mol. The van der Waals surface area contributed by atoms with Crippen molar-refractivity contribution in [3.63, 3.8) is 0 Å². The molecule has 1 aliphatic heterocycles. The van der Waals surface area contributed by atoms with Crippen molar-refractivity contribution >= 4 is 21.7 Å². The van der Waals surface area contributed by atoms with Crippen molar-refractivity contribution in [3.05, 3.63) is 24.3 Å². The summed E-state index contributed by atoms with van der Waals surface area (Å²) in [6, 6.07) is 6.27. The number of carbonyl (C=O) groups excluding carboxylic acids is 1. The van der Waals surface area contributed by atoms with Gasteiger partial charge in [-0.2, -0.15) is 0 Å². The summed E-state index contributed by atoms with van der Waals surface area (Å²) in [6.45, 7) is 3.57. The summed E-state index contributed by atoms with van der Waals surface area (Å²) in [6.07, 6.45) is 3.19. The highest BCUT2D eigenvalue weighted by atomic mass is 32.2. The molecule has 1 fully saturated rings. The van der Waals surface area contributed by atoms with Gasteiger partial charge in [0.05, 0.1) is 5.69 Å². The second-order valence-electron chi connectivity index (χ2n) is 6.08. The van der Waals surface area contributed by atoms with E-state index in [1.165, 1.54) is 20.2 Å². The van der Waals surface area contributed by atoms with E-state index in [0.717, 1.165) is 30.1 Å². The number of piperidine rings is 1. The quantitative estimate of drug-likeness (QED) is 0.916. The van der Waals surface area contributed by atoms with Gasteiger partial charge in [0.1, 0.15) is 4.90 Å². The molecule has 0 spiro atoms. The van der Waals surface area contributed by atoms with E-state index in [2.05, 4.69) is 12.2 Å². The van der Waals surface area contributed by atoms with Gasteiger partial charge in [-0.1, -0.05) is 25.5 Å². The third-order valence-corrected chi connectivity index (χ3v) is 6.14. The molecular formula is C16H25N3O3S. The smallest absolute Gasteiger partial charge is 0.321 e. The van der Waals surface area contributed by atoms with Gasteiger partial charge >= 0.3 is 6.03 Å². The molecular weight excluding hydrogens is 314 g/mol. The first-order chi connectivity index (χ1) is 10.9. The molecule has 1 aromatic carbocycles. The zero-order valence-electron chi connectivity index (χ0n) is 13.9. The van der Waals surface area contributed by atoms with E-state index >= 15 is 0 Å². The number of urea groups is 1. The lowest BCUT2D eigenvalue weighted by atomic mass is 9.96. The van der Waals surface area contributed by atoms with Crippen LogP contribution in [0.2, 0.25) is 0 Å². The minimum Gasteiger partial charge on any atom is -0.324 e. The van der Waals surface area contributed by atoms with Crippen LogP contribution in [0.4, 0.5) is 10.5 Å². The third-order valence-electron chi connectivity index (χ3n) is 4.27. The van der Waals surface area contributed by atoms with Crippen LogP contribution in [0.3, 0.4) is 0 Å². The van der Waals surface area contributed by atoms with Gasteiger partial charge in [0.2, 0.25) is 10.0 Å². The third kappa shape index (κ3) is 4.03. The number of anilines is 1.